The second-order valence-corrected chi connectivity index (χ2v) is 5.44. The van der Waals surface area contributed by atoms with E-state index in [0.29, 0.717) is 19.1 Å². The van der Waals surface area contributed by atoms with Crippen molar-refractivity contribution in [2.45, 2.75) is 38.7 Å². The Bertz CT molecular complexity index is 442. The summed E-state index contributed by atoms with van der Waals surface area (Å²) in [6, 6.07) is 4.05. The average molecular weight is 248 g/mol. The predicted molar refractivity (Wildman–Crippen MR) is 69.1 cm³/mol. The van der Waals surface area contributed by atoms with E-state index in [1.165, 1.54) is 5.56 Å². The van der Waals surface area contributed by atoms with Gasteiger partial charge in [-0.2, -0.15) is 0 Å². The molecule has 0 bridgehead atoms. The molecule has 2 atom stereocenters. The van der Waals surface area contributed by atoms with Crippen LogP contribution in [0.3, 0.4) is 0 Å². The molecule has 3 rings (SSSR count). The molecule has 1 aromatic rings. The maximum Gasteiger partial charge on any atom is 0.161 e. The third-order valence-electron chi connectivity index (χ3n) is 3.90. The topological polar surface area (TPSA) is 38.7 Å². The van der Waals surface area contributed by atoms with Gasteiger partial charge in [-0.3, -0.25) is 0 Å². The zero-order valence-corrected chi connectivity index (χ0v) is 10.8. The third kappa shape index (κ3) is 2.19. The first-order valence-corrected chi connectivity index (χ1v) is 6.84. The zero-order chi connectivity index (χ0) is 12.5. The van der Waals surface area contributed by atoms with Crippen molar-refractivity contribution in [2.24, 2.45) is 5.92 Å². The highest BCUT2D eigenvalue weighted by Gasteiger charge is 2.23. The van der Waals surface area contributed by atoms with Crippen molar-refractivity contribution in [3.63, 3.8) is 0 Å². The zero-order valence-electron chi connectivity index (χ0n) is 10.8. The van der Waals surface area contributed by atoms with Crippen LogP contribution >= 0.6 is 0 Å². The van der Waals surface area contributed by atoms with Crippen molar-refractivity contribution in [3.05, 3.63) is 23.3 Å². The Balaban J connectivity index is 2.01. The van der Waals surface area contributed by atoms with E-state index < -0.39 is 0 Å². The fraction of sp³-hybridized carbons (Fsp3) is 0.600. The average Bonchev–Trinajstić information content (AvgIpc) is 2.65. The molecule has 1 heterocycles. The van der Waals surface area contributed by atoms with Gasteiger partial charge in [0.2, 0.25) is 0 Å². The number of hydrogen-bond acceptors (Lipinski definition) is 3. The van der Waals surface area contributed by atoms with Gasteiger partial charge in [-0.15, -0.1) is 0 Å². The standard InChI is InChI=1S/C15H20O3/c1-10-3-4-11-8-14-15(18-6-2-5-17-14)9-12(11)13(16)7-10/h8-10,13,16H,2-7H2,1H3. The maximum atomic E-state index is 10.3. The van der Waals surface area contributed by atoms with Crippen LogP contribution in [0.5, 0.6) is 11.5 Å². The first kappa shape index (κ1) is 11.8. The van der Waals surface area contributed by atoms with Gasteiger partial charge in [-0.1, -0.05) is 6.92 Å². The summed E-state index contributed by atoms with van der Waals surface area (Å²) in [7, 11) is 0. The van der Waals surface area contributed by atoms with Gasteiger partial charge >= 0.3 is 0 Å². The van der Waals surface area contributed by atoms with E-state index >= 15 is 0 Å². The summed E-state index contributed by atoms with van der Waals surface area (Å²) in [5.74, 6) is 2.20. The number of ether oxygens (including phenoxy) is 2. The Morgan fingerprint density at radius 2 is 1.89 bits per heavy atom. The second kappa shape index (κ2) is 4.81. The number of aliphatic hydroxyl groups excluding tert-OH is 1. The molecule has 0 radical (unpaired) electrons. The van der Waals surface area contributed by atoms with Crippen molar-refractivity contribution in [2.75, 3.05) is 13.2 Å². The van der Waals surface area contributed by atoms with Crippen LogP contribution in [0.25, 0.3) is 0 Å². The van der Waals surface area contributed by atoms with Gasteiger partial charge in [-0.05, 0) is 48.4 Å². The van der Waals surface area contributed by atoms with Crippen LogP contribution in [-0.2, 0) is 6.42 Å². The van der Waals surface area contributed by atoms with Gasteiger partial charge in [0.1, 0.15) is 0 Å². The largest absolute Gasteiger partial charge is 0.490 e. The van der Waals surface area contributed by atoms with Crippen LogP contribution in [0.2, 0.25) is 0 Å². The molecule has 2 unspecified atom stereocenters. The minimum atomic E-state index is -0.366. The summed E-state index contributed by atoms with van der Waals surface area (Å²) in [5.41, 5.74) is 2.25. The lowest BCUT2D eigenvalue weighted by Crippen LogP contribution is -2.03. The number of rotatable bonds is 0. The first-order valence-electron chi connectivity index (χ1n) is 6.84. The van der Waals surface area contributed by atoms with Crippen molar-refractivity contribution < 1.29 is 14.6 Å². The molecule has 98 valence electrons. The Labute approximate surface area is 108 Å². The van der Waals surface area contributed by atoms with Gasteiger partial charge < -0.3 is 14.6 Å². The smallest absolute Gasteiger partial charge is 0.161 e. The van der Waals surface area contributed by atoms with Crippen molar-refractivity contribution in [1.29, 1.82) is 0 Å². The fourth-order valence-corrected chi connectivity index (χ4v) is 2.82. The molecule has 1 N–H and O–H groups in total. The molecule has 0 spiro atoms. The van der Waals surface area contributed by atoms with Crippen molar-refractivity contribution in [3.8, 4) is 11.5 Å². The Morgan fingerprint density at radius 3 is 2.67 bits per heavy atom. The lowest BCUT2D eigenvalue weighted by atomic mass is 9.99. The first-order chi connectivity index (χ1) is 8.74. The van der Waals surface area contributed by atoms with Gasteiger partial charge in [0.05, 0.1) is 19.3 Å². The summed E-state index contributed by atoms with van der Waals surface area (Å²) in [4.78, 5) is 0. The number of fused-ring (bicyclic) bond motifs is 2. The van der Waals surface area contributed by atoms with Crippen molar-refractivity contribution >= 4 is 0 Å². The summed E-state index contributed by atoms with van der Waals surface area (Å²) in [5, 5.41) is 10.3. The highest BCUT2D eigenvalue weighted by atomic mass is 16.5. The molecule has 1 aliphatic carbocycles. The monoisotopic (exact) mass is 248 g/mol. The Hall–Kier alpha value is -1.22. The fourth-order valence-electron chi connectivity index (χ4n) is 2.82. The lowest BCUT2D eigenvalue weighted by molar-refractivity contribution is 0.149. The summed E-state index contributed by atoms with van der Waals surface area (Å²) in [6.07, 6.45) is 3.54. The van der Waals surface area contributed by atoms with E-state index in [0.717, 1.165) is 42.7 Å². The third-order valence-corrected chi connectivity index (χ3v) is 3.90. The highest BCUT2D eigenvalue weighted by Crippen LogP contribution is 2.39. The second-order valence-electron chi connectivity index (χ2n) is 5.44. The summed E-state index contributed by atoms with van der Waals surface area (Å²) in [6.45, 7) is 3.61. The van der Waals surface area contributed by atoms with E-state index in [9.17, 15) is 5.11 Å². The minimum Gasteiger partial charge on any atom is -0.490 e. The molecule has 0 saturated heterocycles. The van der Waals surface area contributed by atoms with Crippen LogP contribution in [0.1, 0.15) is 43.4 Å². The van der Waals surface area contributed by atoms with Gasteiger partial charge in [0, 0.05) is 6.42 Å². The quantitative estimate of drug-likeness (QED) is 0.717. The molecular weight excluding hydrogens is 228 g/mol. The SMILES string of the molecule is CC1CCc2cc3c(cc2C(O)C1)OCCCO3. The molecule has 3 heteroatoms. The van der Waals surface area contributed by atoms with Gasteiger partial charge in [-0.25, -0.2) is 0 Å². The van der Waals surface area contributed by atoms with E-state index in [4.69, 9.17) is 9.47 Å². The molecule has 0 aromatic heterocycles. The number of aliphatic hydroxyl groups is 1. The van der Waals surface area contributed by atoms with Crippen LogP contribution in [-0.4, -0.2) is 18.3 Å². The molecule has 1 aromatic carbocycles. The summed E-state index contributed by atoms with van der Waals surface area (Å²) < 4.78 is 11.4. The molecule has 0 saturated carbocycles. The lowest BCUT2D eigenvalue weighted by Gasteiger charge is -2.16. The molecule has 1 aliphatic heterocycles. The van der Waals surface area contributed by atoms with E-state index in [2.05, 4.69) is 13.0 Å². The number of benzene rings is 1. The normalized spacial score (nSPS) is 27.0. The molecule has 18 heavy (non-hydrogen) atoms. The Kier molecular flexibility index (Phi) is 3.16. The van der Waals surface area contributed by atoms with E-state index in [-0.39, 0.29) is 6.10 Å². The van der Waals surface area contributed by atoms with Crippen LogP contribution in [0.15, 0.2) is 12.1 Å². The van der Waals surface area contributed by atoms with E-state index in [1.54, 1.807) is 0 Å². The van der Waals surface area contributed by atoms with Crippen LogP contribution in [0.4, 0.5) is 0 Å². The molecular formula is C15H20O3. The molecule has 0 amide bonds. The Morgan fingerprint density at radius 1 is 1.17 bits per heavy atom. The number of hydrogen-bond donors (Lipinski definition) is 1. The molecule has 0 fully saturated rings. The predicted octanol–water partition coefficient (Wildman–Crippen LogP) is 2.85. The summed E-state index contributed by atoms with van der Waals surface area (Å²) >= 11 is 0. The van der Waals surface area contributed by atoms with Gasteiger partial charge in [0.15, 0.2) is 11.5 Å². The maximum absolute atomic E-state index is 10.3. The van der Waals surface area contributed by atoms with Crippen molar-refractivity contribution in [1.82, 2.24) is 0 Å². The van der Waals surface area contributed by atoms with Crippen LogP contribution in [0, 0.1) is 5.92 Å². The molecule has 3 nitrogen and oxygen atoms in total. The van der Waals surface area contributed by atoms with E-state index in [1.807, 2.05) is 6.07 Å². The minimum absolute atomic E-state index is 0.366. The molecule has 2 aliphatic rings. The highest BCUT2D eigenvalue weighted by molar-refractivity contribution is 5.49. The number of aryl methyl sites for hydroxylation is 1. The van der Waals surface area contributed by atoms with Crippen LogP contribution < -0.4 is 9.47 Å². The van der Waals surface area contributed by atoms with Gasteiger partial charge in [0.25, 0.3) is 0 Å².